The van der Waals surface area contributed by atoms with Crippen molar-refractivity contribution < 1.29 is 4.74 Å². The van der Waals surface area contributed by atoms with Crippen molar-refractivity contribution in [3.8, 4) is 5.75 Å². The van der Waals surface area contributed by atoms with E-state index >= 15 is 0 Å². The standard InChI is InChI=1S/C11H14ClN3O/c1-15(2)11(13)14-8-6-16-9-5-3-4-7(12)10(8)9/h3-5,8H,6H2,1-2H3,(H2,13,14). The normalized spacial score (nSPS) is 19.2. The molecule has 0 spiro atoms. The lowest BCUT2D eigenvalue weighted by Crippen LogP contribution is -2.31. The number of fused-ring (bicyclic) bond motifs is 1. The molecule has 5 heteroatoms. The number of aliphatic imine (C=N–C) groups is 1. The molecule has 2 rings (SSSR count). The van der Waals surface area contributed by atoms with Gasteiger partial charge < -0.3 is 15.4 Å². The molecule has 2 N–H and O–H groups in total. The van der Waals surface area contributed by atoms with Gasteiger partial charge in [-0.1, -0.05) is 17.7 Å². The minimum Gasteiger partial charge on any atom is -0.491 e. The van der Waals surface area contributed by atoms with Crippen molar-refractivity contribution in [3.63, 3.8) is 0 Å². The molecule has 0 saturated carbocycles. The van der Waals surface area contributed by atoms with E-state index in [2.05, 4.69) is 4.99 Å². The SMILES string of the molecule is CN(C)C(N)=NC1COc2cccc(Cl)c21. The molecule has 4 nitrogen and oxygen atoms in total. The highest BCUT2D eigenvalue weighted by atomic mass is 35.5. The van der Waals surface area contributed by atoms with Gasteiger partial charge in [-0.05, 0) is 12.1 Å². The second kappa shape index (κ2) is 4.22. The van der Waals surface area contributed by atoms with Gasteiger partial charge in [-0.25, -0.2) is 4.99 Å². The largest absolute Gasteiger partial charge is 0.491 e. The summed E-state index contributed by atoms with van der Waals surface area (Å²) in [6.45, 7) is 0.494. The minimum atomic E-state index is -0.105. The first kappa shape index (κ1) is 11.1. The fourth-order valence-electron chi connectivity index (χ4n) is 1.60. The highest BCUT2D eigenvalue weighted by Gasteiger charge is 2.26. The van der Waals surface area contributed by atoms with E-state index in [1.54, 1.807) is 4.90 Å². The van der Waals surface area contributed by atoms with Crippen LogP contribution in [0.2, 0.25) is 5.02 Å². The number of nitrogens with zero attached hydrogens (tertiary/aromatic N) is 2. The second-order valence-corrected chi connectivity index (χ2v) is 4.27. The van der Waals surface area contributed by atoms with E-state index in [0.29, 0.717) is 17.6 Å². The van der Waals surface area contributed by atoms with Crippen molar-refractivity contribution in [1.82, 2.24) is 4.90 Å². The lowest BCUT2D eigenvalue weighted by Gasteiger charge is -2.13. The van der Waals surface area contributed by atoms with Crippen LogP contribution in [0, 0.1) is 0 Å². The number of ether oxygens (including phenoxy) is 1. The number of rotatable bonds is 1. The fourth-order valence-corrected chi connectivity index (χ4v) is 1.89. The van der Waals surface area contributed by atoms with E-state index in [0.717, 1.165) is 11.3 Å². The maximum atomic E-state index is 6.12. The molecule has 0 aliphatic carbocycles. The topological polar surface area (TPSA) is 50.8 Å². The highest BCUT2D eigenvalue weighted by Crippen LogP contribution is 2.39. The first-order chi connectivity index (χ1) is 7.59. The molecular weight excluding hydrogens is 226 g/mol. The molecular formula is C11H14ClN3O. The van der Waals surface area contributed by atoms with E-state index in [-0.39, 0.29) is 6.04 Å². The van der Waals surface area contributed by atoms with Crippen LogP contribution in [0.4, 0.5) is 0 Å². The predicted molar refractivity (Wildman–Crippen MR) is 65.0 cm³/mol. The summed E-state index contributed by atoms with van der Waals surface area (Å²) in [6.07, 6.45) is 0. The molecule has 16 heavy (non-hydrogen) atoms. The van der Waals surface area contributed by atoms with Crippen molar-refractivity contribution in [1.29, 1.82) is 0 Å². The maximum absolute atomic E-state index is 6.12. The molecule has 86 valence electrons. The van der Waals surface area contributed by atoms with Gasteiger partial charge in [0, 0.05) is 24.7 Å². The first-order valence-corrected chi connectivity index (χ1v) is 5.39. The molecule has 0 aromatic heterocycles. The summed E-state index contributed by atoms with van der Waals surface area (Å²) in [4.78, 5) is 6.15. The molecule has 1 aromatic carbocycles. The van der Waals surface area contributed by atoms with Gasteiger partial charge >= 0.3 is 0 Å². The molecule has 0 bridgehead atoms. The Balaban J connectivity index is 2.34. The Morgan fingerprint density at radius 2 is 2.31 bits per heavy atom. The minimum absolute atomic E-state index is 0.105. The zero-order valence-corrected chi connectivity index (χ0v) is 10.0. The third-order valence-corrected chi connectivity index (χ3v) is 2.82. The highest BCUT2D eigenvalue weighted by molar-refractivity contribution is 6.31. The Kier molecular flexibility index (Phi) is 2.92. The van der Waals surface area contributed by atoms with E-state index in [1.165, 1.54) is 0 Å². The Hall–Kier alpha value is -1.42. The summed E-state index contributed by atoms with van der Waals surface area (Å²) in [5.74, 6) is 1.27. The van der Waals surface area contributed by atoms with Gasteiger partial charge in [-0.3, -0.25) is 0 Å². The number of hydrogen-bond donors (Lipinski definition) is 1. The van der Waals surface area contributed by atoms with Crippen molar-refractivity contribution >= 4 is 17.6 Å². The molecule has 1 unspecified atom stereocenters. The molecule has 0 saturated heterocycles. The number of halogens is 1. The smallest absolute Gasteiger partial charge is 0.191 e. The molecule has 1 atom stereocenters. The number of hydrogen-bond acceptors (Lipinski definition) is 2. The van der Waals surface area contributed by atoms with E-state index in [1.807, 2.05) is 32.3 Å². The zero-order chi connectivity index (χ0) is 11.7. The van der Waals surface area contributed by atoms with E-state index in [4.69, 9.17) is 22.1 Å². The third-order valence-electron chi connectivity index (χ3n) is 2.49. The van der Waals surface area contributed by atoms with Crippen LogP contribution >= 0.6 is 11.6 Å². The number of benzene rings is 1. The van der Waals surface area contributed by atoms with Crippen molar-refractivity contribution in [2.75, 3.05) is 20.7 Å². The Bertz CT molecular complexity index is 431. The summed E-state index contributed by atoms with van der Waals surface area (Å²) in [5.41, 5.74) is 6.71. The lowest BCUT2D eigenvalue weighted by atomic mass is 10.1. The van der Waals surface area contributed by atoms with Gasteiger partial charge in [0.15, 0.2) is 5.96 Å². The Labute approximate surface area is 99.7 Å². The van der Waals surface area contributed by atoms with Crippen molar-refractivity contribution in [3.05, 3.63) is 28.8 Å². The first-order valence-electron chi connectivity index (χ1n) is 5.01. The molecule has 0 amide bonds. The van der Waals surface area contributed by atoms with Crippen molar-refractivity contribution in [2.45, 2.75) is 6.04 Å². The van der Waals surface area contributed by atoms with Gasteiger partial charge in [-0.15, -0.1) is 0 Å². The molecule has 1 aliphatic rings. The molecule has 1 heterocycles. The van der Waals surface area contributed by atoms with Crippen molar-refractivity contribution in [2.24, 2.45) is 10.7 Å². The summed E-state index contributed by atoms with van der Waals surface area (Å²) in [7, 11) is 3.70. The quantitative estimate of drug-likeness (QED) is 0.599. The van der Waals surface area contributed by atoms with Crippen LogP contribution < -0.4 is 10.5 Å². The summed E-state index contributed by atoms with van der Waals surface area (Å²) < 4.78 is 5.51. The van der Waals surface area contributed by atoms with Crippen LogP contribution in [0.25, 0.3) is 0 Å². The van der Waals surface area contributed by atoms with Crippen LogP contribution in [-0.2, 0) is 0 Å². The van der Waals surface area contributed by atoms with Crippen LogP contribution in [0.5, 0.6) is 5.75 Å². The summed E-state index contributed by atoms with van der Waals surface area (Å²) >= 11 is 6.12. The second-order valence-electron chi connectivity index (χ2n) is 3.86. The number of guanidine groups is 1. The van der Waals surface area contributed by atoms with Crippen LogP contribution in [0.15, 0.2) is 23.2 Å². The lowest BCUT2D eigenvalue weighted by molar-refractivity contribution is 0.333. The van der Waals surface area contributed by atoms with Gasteiger partial charge in [0.1, 0.15) is 18.4 Å². The number of nitrogens with two attached hydrogens (primary N) is 1. The van der Waals surface area contributed by atoms with Crippen LogP contribution in [-0.4, -0.2) is 31.6 Å². The fraction of sp³-hybridized carbons (Fsp3) is 0.364. The van der Waals surface area contributed by atoms with Gasteiger partial charge in [0.2, 0.25) is 0 Å². The van der Waals surface area contributed by atoms with E-state index in [9.17, 15) is 0 Å². The molecule has 0 fully saturated rings. The third kappa shape index (κ3) is 1.93. The maximum Gasteiger partial charge on any atom is 0.191 e. The van der Waals surface area contributed by atoms with Crippen LogP contribution in [0.3, 0.4) is 0 Å². The zero-order valence-electron chi connectivity index (χ0n) is 9.27. The summed E-state index contributed by atoms with van der Waals surface area (Å²) in [5, 5.41) is 0.676. The Morgan fingerprint density at radius 1 is 1.56 bits per heavy atom. The monoisotopic (exact) mass is 239 g/mol. The van der Waals surface area contributed by atoms with E-state index < -0.39 is 0 Å². The van der Waals surface area contributed by atoms with Crippen LogP contribution in [0.1, 0.15) is 11.6 Å². The average Bonchev–Trinajstić information content (AvgIpc) is 2.63. The molecule has 0 radical (unpaired) electrons. The average molecular weight is 240 g/mol. The molecule has 1 aromatic rings. The van der Waals surface area contributed by atoms with Gasteiger partial charge in [0.25, 0.3) is 0 Å². The summed E-state index contributed by atoms with van der Waals surface area (Å²) in [6, 6.07) is 5.49. The predicted octanol–water partition coefficient (Wildman–Crippen LogP) is 1.65. The van der Waals surface area contributed by atoms with Gasteiger partial charge in [-0.2, -0.15) is 0 Å². The molecule has 1 aliphatic heterocycles. The van der Waals surface area contributed by atoms with Gasteiger partial charge in [0.05, 0.1) is 0 Å². The Morgan fingerprint density at radius 3 is 3.00 bits per heavy atom.